The van der Waals surface area contributed by atoms with Crippen molar-refractivity contribution in [1.82, 2.24) is 0 Å². The summed E-state index contributed by atoms with van der Waals surface area (Å²) in [7, 11) is 0. The molecular formula is C69H43N. The fourth-order valence-electron chi connectivity index (χ4n) is 12.6. The molecule has 0 heterocycles. The van der Waals surface area contributed by atoms with Crippen molar-refractivity contribution in [3.05, 3.63) is 283 Å². The topological polar surface area (TPSA) is 3.24 Å². The van der Waals surface area contributed by atoms with Gasteiger partial charge in [0.05, 0.1) is 16.8 Å². The van der Waals surface area contributed by atoms with E-state index in [1.807, 2.05) is 0 Å². The molecular weight excluding hydrogens is 843 g/mol. The zero-order valence-electron chi connectivity index (χ0n) is 38.3. The van der Waals surface area contributed by atoms with E-state index in [4.69, 9.17) is 0 Å². The lowest BCUT2D eigenvalue weighted by atomic mass is 9.70. The molecule has 0 fully saturated rings. The van der Waals surface area contributed by atoms with Crippen LogP contribution in [0.3, 0.4) is 0 Å². The molecule has 0 bridgehead atoms. The number of hydrogen-bond donors (Lipinski definition) is 0. The van der Waals surface area contributed by atoms with Gasteiger partial charge in [-0.15, -0.1) is 0 Å². The van der Waals surface area contributed by atoms with E-state index in [1.54, 1.807) is 0 Å². The van der Waals surface area contributed by atoms with Crippen molar-refractivity contribution in [1.29, 1.82) is 0 Å². The lowest BCUT2D eigenvalue weighted by Crippen LogP contribution is -2.26. The maximum absolute atomic E-state index is 2.57. The summed E-state index contributed by atoms with van der Waals surface area (Å²) in [6.07, 6.45) is 0. The van der Waals surface area contributed by atoms with E-state index >= 15 is 0 Å². The van der Waals surface area contributed by atoms with Crippen molar-refractivity contribution in [2.75, 3.05) is 4.90 Å². The van der Waals surface area contributed by atoms with Crippen LogP contribution in [0.2, 0.25) is 0 Å². The number of hydrogen-bond acceptors (Lipinski definition) is 1. The highest BCUT2D eigenvalue weighted by atomic mass is 15.1. The second kappa shape index (κ2) is 15.0. The van der Waals surface area contributed by atoms with E-state index in [-0.39, 0.29) is 0 Å². The number of rotatable bonds is 5. The van der Waals surface area contributed by atoms with E-state index in [1.165, 1.54) is 115 Å². The molecule has 2 aliphatic rings. The molecule has 13 aromatic carbocycles. The molecule has 0 atom stereocenters. The zero-order valence-corrected chi connectivity index (χ0v) is 38.3. The van der Waals surface area contributed by atoms with Crippen molar-refractivity contribution in [2.45, 2.75) is 5.41 Å². The van der Waals surface area contributed by atoms with E-state index < -0.39 is 5.41 Å². The number of anilines is 3. The summed E-state index contributed by atoms with van der Waals surface area (Å²) >= 11 is 0. The first kappa shape index (κ1) is 39.0. The fourth-order valence-corrected chi connectivity index (χ4v) is 12.6. The largest absolute Gasteiger partial charge is 0.309 e. The van der Waals surface area contributed by atoms with Gasteiger partial charge in [-0.05, 0) is 146 Å². The summed E-state index contributed by atoms with van der Waals surface area (Å²) in [5.41, 5.74) is 18.1. The van der Waals surface area contributed by atoms with Gasteiger partial charge in [-0.1, -0.05) is 224 Å². The highest BCUT2D eigenvalue weighted by molar-refractivity contribution is 6.26. The van der Waals surface area contributed by atoms with Crippen LogP contribution in [0.25, 0.3) is 98.4 Å². The van der Waals surface area contributed by atoms with Gasteiger partial charge in [0.1, 0.15) is 0 Å². The third-order valence-electron chi connectivity index (χ3n) is 15.6. The number of nitrogens with zero attached hydrogens (tertiary/aromatic N) is 1. The van der Waals surface area contributed by atoms with Gasteiger partial charge in [-0.3, -0.25) is 0 Å². The molecule has 0 N–H and O–H groups in total. The molecule has 324 valence electrons. The molecule has 2 aliphatic carbocycles. The summed E-state index contributed by atoms with van der Waals surface area (Å²) in [5, 5.41) is 12.4. The van der Waals surface area contributed by atoms with E-state index in [9.17, 15) is 0 Å². The van der Waals surface area contributed by atoms with Gasteiger partial charge in [-0.2, -0.15) is 0 Å². The van der Waals surface area contributed by atoms with E-state index in [2.05, 4.69) is 266 Å². The molecule has 0 saturated heterocycles. The predicted molar refractivity (Wildman–Crippen MR) is 296 cm³/mol. The summed E-state index contributed by atoms with van der Waals surface area (Å²) in [4.78, 5) is 2.57. The summed E-state index contributed by atoms with van der Waals surface area (Å²) in [6.45, 7) is 0. The second-order valence-electron chi connectivity index (χ2n) is 19.1. The summed E-state index contributed by atoms with van der Waals surface area (Å²) in [5.74, 6) is 0. The molecule has 0 aliphatic heterocycles. The molecule has 0 saturated carbocycles. The first-order chi connectivity index (χ1) is 34.7. The van der Waals surface area contributed by atoms with Gasteiger partial charge in [-0.25, -0.2) is 0 Å². The highest BCUT2D eigenvalue weighted by Gasteiger charge is 2.52. The minimum atomic E-state index is -0.519. The van der Waals surface area contributed by atoms with Crippen molar-refractivity contribution >= 4 is 70.9 Å². The first-order valence-electron chi connectivity index (χ1n) is 24.4. The minimum absolute atomic E-state index is 0.519. The Morgan fingerprint density at radius 3 is 1.37 bits per heavy atom. The molecule has 0 radical (unpaired) electrons. The predicted octanol–water partition coefficient (Wildman–Crippen LogP) is 18.6. The van der Waals surface area contributed by atoms with Crippen LogP contribution in [0.15, 0.2) is 261 Å². The van der Waals surface area contributed by atoms with Crippen molar-refractivity contribution < 1.29 is 0 Å². The Labute approximate surface area is 406 Å². The van der Waals surface area contributed by atoms with Crippen molar-refractivity contribution in [3.8, 4) is 44.5 Å². The van der Waals surface area contributed by atoms with Crippen LogP contribution in [-0.4, -0.2) is 0 Å². The minimum Gasteiger partial charge on any atom is -0.309 e. The fraction of sp³-hybridized carbons (Fsp3) is 0.0145. The van der Waals surface area contributed by atoms with Crippen LogP contribution < -0.4 is 4.90 Å². The average molecular weight is 886 g/mol. The van der Waals surface area contributed by atoms with Crippen LogP contribution in [-0.2, 0) is 5.41 Å². The molecule has 15 rings (SSSR count). The first-order valence-corrected chi connectivity index (χ1v) is 24.4. The third-order valence-corrected chi connectivity index (χ3v) is 15.6. The van der Waals surface area contributed by atoms with Crippen LogP contribution in [0.1, 0.15) is 22.3 Å². The lowest BCUT2D eigenvalue weighted by Gasteiger charge is -2.34. The van der Waals surface area contributed by atoms with Crippen LogP contribution in [0.4, 0.5) is 17.1 Å². The van der Waals surface area contributed by atoms with Crippen molar-refractivity contribution in [3.63, 3.8) is 0 Å². The maximum atomic E-state index is 2.57. The highest BCUT2D eigenvalue weighted by Crippen LogP contribution is 2.64. The van der Waals surface area contributed by atoms with Crippen LogP contribution in [0, 0.1) is 0 Å². The SMILES string of the molecule is c1ccc2c(c1)-c1ccccc1C21c2ccccc2-c2cc(-c3ccc(-c4ccc5ccccc5c4)cc3)c(N(c3ccc4c5ccccc5c5ccccc5c4c3)c3cccc4ccccc34)cc21. The molecule has 70 heavy (non-hydrogen) atoms. The van der Waals surface area contributed by atoms with Gasteiger partial charge in [0, 0.05) is 16.6 Å². The Morgan fingerprint density at radius 2 is 0.714 bits per heavy atom. The smallest absolute Gasteiger partial charge is 0.0726 e. The average Bonchev–Trinajstić information content (AvgIpc) is 3.90. The van der Waals surface area contributed by atoms with Gasteiger partial charge in [0.15, 0.2) is 0 Å². The standard InChI is InChI=1S/C69H43N/c1-2-18-48-40-49(37-34-44(48)16-1)45-32-35-47(36-33-45)60-42-62-59-27-11-14-30-65(59)69(63-28-12-9-25-57(63)58-26-10-13-29-64(58)69)66(62)43-68(60)70(67-31-15-19-46-17-3-4-20-51(46)67)50-38-39-56-54-23-6-5-21-52(54)53-22-7-8-24-55(53)61(56)41-50/h1-43H. The molecule has 1 spiro atoms. The van der Waals surface area contributed by atoms with Crippen LogP contribution >= 0.6 is 0 Å². The maximum Gasteiger partial charge on any atom is 0.0726 e. The normalized spacial score (nSPS) is 13.0. The Kier molecular flexibility index (Phi) is 8.35. The Bertz CT molecular complexity index is 4220. The molecule has 1 heteroatoms. The molecule has 13 aromatic rings. The molecule has 1 nitrogen and oxygen atoms in total. The summed E-state index contributed by atoms with van der Waals surface area (Å²) < 4.78 is 0. The van der Waals surface area contributed by atoms with Gasteiger partial charge in [0.25, 0.3) is 0 Å². The quantitative estimate of drug-likeness (QED) is 0.156. The zero-order chi connectivity index (χ0) is 45.9. The Morgan fingerprint density at radius 1 is 0.229 bits per heavy atom. The van der Waals surface area contributed by atoms with E-state index in [0.717, 1.165) is 22.6 Å². The molecule has 0 unspecified atom stereocenters. The summed E-state index contributed by atoms with van der Waals surface area (Å²) in [6, 6.07) is 97.8. The Hall–Kier alpha value is -9.04. The van der Waals surface area contributed by atoms with Crippen LogP contribution in [0.5, 0.6) is 0 Å². The number of fused-ring (bicyclic) bond motifs is 18. The van der Waals surface area contributed by atoms with Gasteiger partial charge < -0.3 is 4.90 Å². The third kappa shape index (κ3) is 5.49. The number of benzene rings is 13. The molecule has 0 amide bonds. The van der Waals surface area contributed by atoms with Crippen molar-refractivity contribution in [2.24, 2.45) is 0 Å². The molecule has 0 aromatic heterocycles. The van der Waals surface area contributed by atoms with E-state index in [0.29, 0.717) is 0 Å². The van der Waals surface area contributed by atoms with Gasteiger partial charge in [0.2, 0.25) is 0 Å². The van der Waals surface area contributed by atoms with Gasteiger partial charge >= 0.3 is 0 Å². The second-order valence-corrected chi connectivity index (χ2v) is 19.1. The lowest BCUT2D eigenvalue weighted by molar-refractivity contribution is 0.794. The Balaban J connectivity index is 1.06. The monoisotopic (exact) mass is 885 g/mol.